The number of fused-ring (bicyclic) bond motifs is 2. The summed E-state index contributed by atoms with van der Waals surface area (Å²) in [6.45, 7) is 3.94. The molecule has 1 aromatic carbocycles. The fourth-order valence-corrected chi connectivity index (χ4v) is 3.69. The second kappa shape index (κ2) is 5.02. The van der Waals surface area contributed by atoms with Gasteiger partial charge in [0.1, 0.15) is 0 Å². The number of benzene rings is 1. The van der Waals surface area contributed by atoms with Gasteiger partial charge in [0.25, 0.3) is 0 Å². The molecular weight excluding hydrogens is 266 g/mol. The van der Waals surface area contributed by atoms with Gasteiger partial charge in [0.05, 0.1) is 11.8 Å². The van der Waals surface area contributed by atoms with Crippen LogP contribution in [0.15, 0.2) is 30.4 Å². The summed E-state index contributed by atoms with van der Waals surface area (Å²) in [5.74, 6) is -2.04. The maximum Gasteiger partial charge on any atom is 0.307 e. The predicted molar refractivity (Wildman–Crippen MR) is 79.9 cm³/mol. The van der Waals surface area contributed by atoms with Crippen molar-refractivity contribution in [1.82, 2.24) is 0 Å². The number of rotatable bonds is 3. The lowest BCUT2D eigenvalue weighted by Gasteiger charge is -2.24. The maximum atomic E-state index is 12.5. The summed E-state index contributed by atoms with van der Waals surface area (Å²) in [5.41, 5.74) is 2.90. The number of hydrogen-bond donors (Lipinski definition) is 2. The Labute approximate surface area is 123 Å². The van der Waals surface area contributed by atoms with Crippen LogP contribution in [0.25, 0.3) is 0 Å². The van der Waals surface area contributed by atoms with Gasteiger partial charge in [-0.2, -0.15) is 0 Å². The molecule has 2 aliphatic rings. The average molecular weight is 285 g/mol. The van der Waals surface area contributed by atoms with Crippen LogP contribution in [-0.2, 0) is 9.59 Å². The first kappa shape index (κ1) is 13.9. The van der Waals surface area contributed by atoms with Crippen molar-refractivity contribution in [2.24, 2.45) is 23.7 Å². The molecule has 4 nitrogen and oxygen atoms in total. The van der Waals surface area contributed by atoms with Crippen molar-refractivity contribution in [1.29, 1.82) is 0 Å². The van der Waals surface area contributed by atoms with E-state index in [-0.39, 0.29) is 17.7 Å². The number of carbonyl (C=O) groups excluding carboxylic acids is 1. The molecule has 2 bridgehead atoms. The molecule has 1 amide bonds. The summed E-state index contributed by atoms with van der Waals surface area (Å²) >= 11 is 0. The largest absolute Gasteiger partial charge is 0.481 e. The minimum atomic E-state index is -0.868. The Hall–Kier alpha value is -2.10. The molecule has 0 heterocycles. The van der Waals surface area contributed by atoms with Crippen molar-refractivity contribution in [3.05, 3.63) is 41.5 Å². The molecule has 0 saturated heterocycles. The van der Waals surface area contributed by atoms with Crippen LogP contribution >= 0.6 is 0 Å². The summed E-state index contributed by atoms with van der Waals surface area (Å²) in [6.07, 6.45) is 4.72. The van der Waals surface area contributed by atoms with Crippen LogP contribution < -0.4 is 5.32 Å². The van der Waals surface area contributed by atoms with Gasteiger partial charge in [0.2, 0.25) is 5.91 Å². The smallest absolute Gasteiger partial charge is 0.307 e. The molecule has 1 saturated carbocycles. The highest BCUT2D eigenvalue weighted by atomic mass is 16.4. The third kappa shape index (κ3) is 2.35. The first-order valence-electron chi connectivity index (χ1n) is 7.26. The molecule has 4 heteroatoms. The molecule has 110 valence electrons. The van der Waals surface area contributed by atoms with E-state index in [0.29, 0.717) is 0 Å². The Morgan fingerprint density at radius 2 is 1.81 bits per heavy atom. The molecule has 2 N–H and O–H groups in total. The second-order valence-corrected chi connectivity index (χ2v) is 6.15. The molecular formula is C17H19NO3. The first-order chi connectivity index (χ1) is 9.97. The van der Waals surface area contributed by atoms with E-state index in [2.05, 4.69) is 5.32 Å². The number of carboxylic acid groups (broad SMARTS) is 1. The van der Waals surface area contributed by atoms with Crippen LogP contribution in [0.4, 0.5) is 5.69 Å². The Morgan fingerprint density at radius 3 is 2.43 bits per heavy atom. The van der Waals surface area contributed by atoms with E-state index in [4.69, 9.17) is 0 Å². The highest BCUT2D eigenvalue weighted by Crippen LogP contribution is 2.48. The molecule has 2 aliphatic carbocycles. The van der Waals surface area contributed by atoms with Crippen molar-refractivity contribution in [2.45, 2.75) is 20.3 Å². The SMILES string of the molecule is Cc1ccc(NC(=O)[C@H]2[C@@H](C(=O)O)[C@@H]3C=C[C@H]2C3)c(C)c1. The van der Waals surface area contributed by atoms with Crippen molar-refractivity contribution in [3.63, 3.8) is 0 Å². The fourth-order valence-electron chi connectivity index (χ4n) is 3.69. The summed E-state index contributed by atoms with van der Waals surface area (Å²) < 4.78 is 0. The topological polar surface area (TPSA) is 66.4 Å². The molecule has 1 aromatic rings. The quantitative estimate of drug-likeness (QED) is 0.839. The molecule has 0 spiro atoms. The summed E-state index contributed by atoms with van der Waals surface area (Å²) in [7, 11) is 0. The number of amides is 1. The Morgan fingerprint density at radius 1 is 1.14 bits per heavy atom. The number of aryl methyl sites for hydroxylation is 2. The Kier molecular flexibility index (Phi) is 3.32. The van der Waals surface area contributed by atoms with Crippen LogP contribution in [0.1, 0.15) is 17.5 Å². The molecule has 0 unspecified atom stereocenters. The maximum absolute atomic E-state index is 12.5. The molecule has 0 radical (unpaired) electrons. The van der Waals surface area contributed by atoms with E-state index in [1.54, 1.807) is 0 Å². The third-order valence-corrected chi connectivity index (χ3v) is 4.69. The van der Waals surface area contributed by atoms with E-state index in [1.165, 1.54) is 0 Å². The van der Waals surface area contributed by atoms with Crippen LogP contribution in [0, 0.1) is 37.5 Å². The van der Waals surface area contributed by atoms with Gasteiger partial charge < -0.3 is 10.4 Å². The van der Waals surface area contributed by atoms with E-state index >= 15 is 0 Å². The second-order valence-electron chi connectivity index (χ2n) is 6.15. The average Bonchev–Trinajstić information content (AvgIpc) is 3.02. The van der Waals surface area contributed by atoms with Crippen LogP contribution in [0.3, 0.4) is 0 Å². The van der Waals surface area contributed by atoms with E-state index < -0.39 is 17.8 Å². The number of carbonyl (C=O) groups is 2. The molecule has 0 aromatic heterocycles. The van der Waals surface area contributed by atoms with Crippen molar-refractivity contribution in [2.75, 3.05) is 5.32 Å². The van der Waals surface area contributed by atoms with E-state index in [1.807, 2.05) is 44.2 Å². The molecule has 4 atom stereocenters. The number of aliphatic carboxylic acids is 1. The lowest BCUT2D eigenvalue weighted by Crippen LogP contribution is -2.36. The third-order valence-electron chi connectivity index (χ3n) is 4.69. The van der Waals surface area contributed by atoms with Crippen molar-refractivity contribution < 1.29 is 14.7 Å². The fraction of sp³-hybridized carbons (Fsp3) is 0.412. The van der Waals surface area contributed by atoms with Gasteiger partial charge in [-0.15, -0.1) is 0 Å². The van der Waals surface area contributed by atoms with Crippen LogP contribution in [0.2, 0.25) is 0 Å². The molecule has 3 rings (SSSR count). The lowest BCUT2D eigenvalue weighted by molar-refractivity contribution is -0.146. The number of carboxylic acids is 1. The highest BCUT2D eigenvalue weighted by molar-refractivity contribution is 5.96. The lowest BCUT2D eigenvalue weighted by atomic mass is 9.82. The van der Waals surface area contributed by atoms with Gasteiger partial charge in [-0.05, 0) is 43.7 Å². The van der Waals surface area contributed by atoms with Gasteiger partial charge in [-0.3, -0.25) is 9.59 Å². The van der Waals surface area contributed by atoms with Gasteiger partial charge in [0, 0.05) is 5.69 Å². The van der Waals surface area contributed by atoms with Gasteiger partial charge in [0.15, 0.2) is 0 Å². The molecule has 0 aliphatic heterocycles. The molecule has 21 heavy (non-hydrogen) atoms. The zero-order valence-corrected chi connectivity index (χ0v) is 12.2. The number of nitrogens with one attached hydrogen (secondary N) is 1. The van der Waals surface area contributed by atoms with Gasteiger partial charge in [-0.25, -0.2) is 0 Å². The standard InChI is InChI=1S/C17H19NO3/c1-9-3-6-13(10(2)7-9)18-16(19)14-11-4-5-12(8-11)15(14)17(20)21/h3-7,11-12,14-15H,8H2,1-2H3,(H,18,19)(H,20,21)/t11-,12+,14+,15-/m0/s1. The van der Waals surface area contributed by atoms with E-state index in [0.717, 1.165) is 23.2 Å². The van der Waals surface area contributed by atoms with Crippen molar-refractivity contribution >= 4 is 17.6 Å². The monoisotopic (exact) mass is 285 g/mol. The normalized spacial score (nSPS) is 29.6. The minimum Gasteiger partial charge on any atom is -0.481 e. The zero-order valence-electron chi connectivity index (χ0n) is 12.2. The van der Waals surface area contributed by atoms with Gasteiger partial charge in [-0.1, -0.05) is 29.8 Å². The van der Waals surface area contributed by atoms with Gasteiger partial charge >= 0.3 is 5.97 Å². The highest BCUT2D eigenvalue weighted by Gasteiger charge is 2.51. The summed E-state index contributed by atoms with van der Waals surface area (Å²) in [6, 6.07) is 5.82. The van der Waals surface area contributed by atoms with Crippen LogP contribution in [0.5, 0.6) is 0 Å². The summed E-state index contributed by atoms with van der Waals surface area (Å²) in [4.78, 5) is 24.0. The number of hydrogen-bond acceptors (Lipinski definition) is 2. The van der Waals surface area contributed by atoms with E-state index in [9.17, 15) is 14.7 Å². The Balaban J connectivity index is 1.82. The van der Waals surface area contributed by atoms with Crippen molar-refractivity contribution in [3.8, 4) is 0 Å². The molecule has 1 fully saturated rings. The number of anilines is 1. The number of allylic oxidation sites excluding steroid dienone is 2. The summed E-state index contributed by atoms with van der Waals surface area (Å²) in [5, 5.41) is 12.3. The predicted octanol–water partition coefficient (Wildman–Crippen LogP) is 2.76. The minimum absolute atomic E-state index is 0.00219. The zero-order chi connectivity index (χ0) is 15.1. The first-order valence-corrected chi connectivity index (χ1v) is 7.26. The Bertz CT molecular complexity index is 635. The van der Waals surface area contributed by atoms with Crippen LogP contribution in [-0.4, -0.2) is 17.0 Å².